The molecular weight excluding hydrogens is 310 g/mol. The predicted octanol–water partition coefficient (Wildman–Crippen LogP) is 2.20. The van der Waals surface area contributed by atoms with Crippen LogP contribution in [-0.4, -0.2) is 58.6 Å². The molecule has 0 N–H and O–H groups in total. The van der Waals surface area contributed by atoms with E-state index < -0.39 is 0 Å². The summed E-state index contributed by atoms with van der Waals surface area (Å²) in [4.78, 5) is 23.0. The Bertz CT molecular complexity index is 584. The lowest BCUT2D eigenvalue weighted by molar-refractivity contribution is -0.150. The molecule has 0 radical (unpaired) electrons. The van der Waals surface area contributed by atoms with Crippen LogP contribution in [0.15, 0.2) is 6.20 Å². The smallest absolute Gasteiger partial charge is 0.251 e. The van der Waals surface area contributed by atoms with Gasteiger partial charge < -0.3 is 9.64 Å². The Kier molecular flexibility index (Phi) is 4.15. The normalized spacial score (nSPS) is 31.5. The van der Waals surface area contributed by atoms with Crippen molar-refractivity contribution in [2.24, 2.45) is 0 Å². The van der Waals surface area contributed by atoms with Crippen LogP contribution in [-0.2, 0) is 16.1 Å². The molecule has 126 valence electrons. The van der Waals surface area contributed by atoms with Crippen molar-refractivity contribution in [3.63, 3.8) is 0 Å². The fourth-order valence-corrected chi connectivity index (χ4v) is 5.05. The SMILES string of the molecule is Cc1ncc(CN2CC[C@]23CCCN(C(=O)[C@H]2CCCO2)C3)s1. The molecule has 1 aromatic heterocycles. The molecule has 5 nitrogen and oxygen atoms in total. The third-order valence-electron chi connectivity index (χ3n) is 5.61. The number of amides is 1. The Morgan fingerprint density at radius 1 is 1.43 bits per heavy atom. The molecule has 0 aromatic carbocycles. The number of aromatic nitrogens is 1. The van der Waals surface area contributed by atoms with E-state index in [0.29, 0.717) is 0 Å². The number of thiazole rings is 1. The van der Waals surface area contributed by atoms with E-state index in [2.05, 4.69) is 21.7 Å². The number of hydrogen-bond donors (Lipinski definition) is 0. The van der Waals surface area contributed by atoms with Crippen molar-refractivity contribution < 1.29 is 9.53 Å². The number of carbonyl (C=O) groups is 1. The maximum absolute atomic E-state index is 12.7. The maximum Gasteiger partial charge on any atom is 0.251 e. The molecule has 4 rings (SSSR count). The third-order valence-corrected chi connectivity index (χ3v) is 6.50. The van der Waals surface area contributed by atoms with Crippen LogP contribution in [0.3, 0.4) is 0 Å². The number of likely N-dealkylation sites (tertiary alicyclic amines) is 2. The van der Waals surface area contributed by atoms with Gasteiger partial charge in [-0.2, -0.15) is 0 Å². The number of rotatable bonds is 3. The molecule has 1 amide bonds. The molecule has 1 aromatic rings. The van der Waals surface area contributed by atoms with E-state index in [1.54, 1.807) is 11.3 Å². The summed E-state index contributed by atoms with van der Waals surface area (Å²) in [5, 5.41) is 1.13. The van der Waals surface area contributed by atoms with Crippen LogP contribution < -0.4 is 0 Å². The number of carbonyl (C=O) groups excluding carboxylic acids is 1. The molecule has 4 heterocycles. The Balaban J connectivity index is 1.42. The minimum atomic E-state index is -0.178. The number of aryl methyl sites for hydroxylation is 1. The number of ether oxygens (including phenoxy) is 1. The van der Waals surface area contributed by atoms with Gasteiger partial charge >= 0.3 is 0 Å². The molecule has 3 saturated heterocycles. The highest BCUT2D eigenvalue weighted by atomic mass is 32.1. The van der Waals surface area contributed by atoms with Gasteiger partial charge in [-0.05, 0) is 39.0 Å². The summed E-state index contributed by atoms with van der Waals surface area (Å²) >= 11 is 1.79. The van der Waals surface area contributed by atoms with E-state index in [9.17, 15) is 4.79 Å². The second-order valence-electron chi connectivity index (χ2n) is 7.11. The molecule has 3 fully saturated rings. The highest BCUT2D eigenvalue weighted by Crippen LogP contribution is 2.40. The molecule has 1 spiro atoms. The second kappa shape index (κ2) is 6.15. The van der Waals surface area contributed by atoms with Gasteiger partial charge in [0, 0.05) is 49.4 Å². The highest BCUT2D eigenvalue weighted by Gasteiger charge is 2.48. The van der Waals surface area contributed by atoms with Gasteiger partial charge in [-0.25, -0.2) is 4.98 Å². The van der Waals surface area contributed by atoms with Crippen LogP contribution >= 0.6 is 11.3 Å². The molecule has 3 aliphatic rings. The summed E-state index contributed by atoms with van der Waals surface area (Å²) in [6, 6.07) is 0. The lowest BCUT2D eigenvalue weighted by atomic mass is 9.77. The molecule has 0 aliphatic carbocycles. The molecule has 6 heteroatoms. The van der Waals surface area contributed by atoms with Gasteiger partial charge in [0.15, 0.2) is 0 Å². The van der Waals surface area contributed by atoms with Gasteiger partial charge in [0.25, 0.3) is 5.91 Å². The van der Waals surface area contributed by atoms with Crippen molar-refractivity contribution in [2.45, 2.75) is 57.2 Å². The van der Waals surface area contributed by atoms with Gasteiger partial charge in [-0.3, -0.25) is 9.69 Å². The van der Waals surface area contributed by atoms with Crippen molar-refractivity contribution >= 4 is 17.2 Å². The average Bonchev–Trinajstić information content (AvgIpc) is 3.23. The van der Waals surface area contributed by atoms with E-state index >= 15 is 0 Å². The lowest BCUT2D eigenvalue weighted by Gasteiger charge is -2.57. The fourth-order valence-electron chi connectivity index (χ4n) is 4.24. The molecule has 23 heavy (non-hydrogen) atoms. The van der Waals surface area contributed by atoms with Gasteiger partial charge in [0.2, 0.25) is 0 Å². The zero-order chi connectivity index (χ0) is 15.9. The molecule has 2 atom stereocenters. The Morgan fingerprint density at radius 2 is 2.35 bits per heavy atom. The zero-order valence-electron chi connectivity index (χ0n) is 13.8. The molecule has 0 saturated carbocycles. The quantitative estimate of drug-likeness (QED) is 0.849. The van der Waals surface area contributed by atoms with Crippen molar-refractivity contribution in [3.05, 3.63) is 16.1 Å². The van der Waals surface area contributed by atoms with Gasteiger partial charge in [-0.1, -0.05) is 0 Å². The largest absolute Gasteiger partial charge is 0.368 e. The van der Waals surface area contributed by atoms with E-state index in [4.69, 9.17) is 4.74 Å². The van der Waals surface area contributed by atoms with Crippen molar-refractivity contribution in [1.82, 2.24) is 14.8 Å². The van der Waals surface area contributed by atoms with Crippen molar-refractivity contribution in [2.75, 3.05) is 26.2 Å². The minimum absolute atomic E-state index is 0.178. The van der Waals surface area contributed by atoms with Crippen LogP contribution in [0.5, 0.6) is 0 Å². The first-order chi connectivity index (χ1) is 11.2. The lowest BCUT2D eigenvalue weighted by Crippen LogP contribution is -2.67. The summed E-state index contributed by atoms with van der Waals surface area (Å²) in [6.07, 6.45) is 7.27. The van der Waals surface area contributed by atoms with Crippen LogP contribution in [0.2, 0.25) is 0 Å². The summed E-state index contributed by atoms with van der Waals surface area (Å²) in [7, 11) is 0. The zero-order valence-corrected chi connectivity index (χ0v) is 14.6. The molecule has 0 bridgehead atoms. The number of hydrogen-bond acceptors (Lipinski definition) is 5. The van der Waals surface area contributed by atoms with Crippen LogP contribution in [0.4, 0.5) is 0 Å². The van der Waals surface area contributed by atoms with Gasteiger partial charge in [0.05, 0.1) is 5.01 Å². The Hall–Kier alpha value is -0.980. The summed E-state index contributed by atoms with van der Waals surface area (Å²) in [6.45, 7) is 6.69. The average molecular weight is 335 g/mol. The van der Waals surface area contributed by atoms with E-state index in [1.807, 2.05) is 6.20 Å². The minimum Gasteiger partial charge on any atom is -0.368 e. The predicted molar refractivity (Wildman–Crippen MR) is 89.4 cm³/mol. The van der Waals surface area contributed by atoms with Crippen LogP contribution in [0.25, 0.3) is 0 Å². The van der Waals surface area contributed by atoms with E-state index in [1.165, 1.54) is 17.7 Å². The first-order valence-corrected chi connectivity index (χ1v) is 9.55. The second-order valence-corrected chi connectivity index (χ2v) is 8.43. The monoisotopic (exact) mass is 335 g/mol. The molecule has 3 aliphatic heterocycles. The first-order valence-electron chi connectivity index (χ1n) is 8.73. The van der Waals surface area contributed by atoms with Crippen LogP contribution in [0, 0.1) is 6.92 Å². The fraction of sp³-hybridized carbons (Fsp3) is 0.765. The first kappa shape index (κ1) is 15.5. The number of piperidine rings is 1. The molecular formula is C17H25N3O2S. The summed E-state index contributed by atoms with van der Waals surface area (Å²) < 4.78 is 5.60. The molecule has 0 unspecified atom stereocenters. The summed E-state index contributed by atoms with van der Waals surface area (Å²) in [5.74, 6) is 0.224. The topological polar surface area (TPSA) is 45.7 Å². The van der Waals surface area contributed by atoms with E-state index in [0.717, 1.165) is 57.1 Å². The van der Waals surface area contributed by atoms with Crippen LogP contribution in [0.1, 0.15) is 42.0 Å². The highest BCUT2D eigenvalue weighted by molar-refractivity contribution is 7.11. The standard InChI is InChI=1S/C17H25N3O2S/c1-13-18-10-14(23-13)11-20-8-6-17(20)5-3-7-19(12-17)16(21)15-4-2-9-22-15/h10,15H,2-9,11-12H2,1H3/t15-,17+/m1/s1. The Morgan fingerprint density at radius 3 is 3.00 bits per heavy atom. The number of nitrogens with zero attached hydrogens (tertiary/aromatic N) is 3. The Labute approximate surface area is 141 Å². The summed E-state index contributed by atoms with van der Waals surface area (Å²) in [5.41, 5.74) is 0.199. The van der Waals surface area contributed by atoms with Gasteiger partial charge in [0.1, 0.15) is 6.10 Å². The maximum atomic E-state index is 12.7. The third kappa shape index (κ3) is 2.92. The van der Waals surface area contributed by atoms with Crippen molar-refractivity contribution in [3.8, 4) is 0 Å². The van der Waals surface area contributed by atoms with Crippen molar-refractivity contribution in [1.29, 1.82) is 0 Å². The van der Waals surface area contributed by atoms with Gasteiger partial charge in [-0.15, -0.1) is 11.3 Å². The van der Waals surface area contributed by atoms with E-state index in [-0.39, 0.29) is 17.6 Å².